The van der Waals surface area contributed by atoms with E-state index in [0.29, 0.717) is 35.1 Å². The Kier molecular flexibility index (Phi) is 11.2. The Morgan fingerprint density at radius 2 is 1.90 bits per heavy atom. The molecule has 0 radical (unpaired) electrons. The summed E-state index contributed by atoms with van der Waals surface area (Å²) in [6, 6.07) is 5.76. The van der Waals surface area contributed by atoms with E-state index in [0.717, 1.165) is 58.5 Å². The van der Waals surface area contributed by atoms with E-state index in [9.17, 15) is 14.4 Å². The van der Waals surface area contributed by atoms with Gasteiger partial charge in [-0.15, -0.1) is 23.1 Å². The highest BCUT2D eigenvalue weighted by atomic mass is 32.2. The van der Waals surface area contributed by atoms with E-state index < -0.39 is 5.97 Å². The van der Waals surface area contributed by atoms with Crippen molar-refractivity contribution in [3.8, 4) is 5.75 Å². The minimum atomic E-state index is -0.391. The summed E-state index contributed by atoms with van der Waals surface area (Å²) in [6.45, 7) is 5.66. The van der Waals surface area contributed by atoms with Gasteiger partial charge in [0.1, 0.15) is 10.8 Å². The van der Waals surface area contributed by atoms with Crippen LogP contribution in [0.15, 0.2) is 23.2 Å². The molecule has 9 nitrogen and oxygen atoms in total. The molecular weight excluding hydrogens is 571 g/mol. The fraction of sp³-hybridized carbons (Fsp3) is 0.500. The van der Waals surface area contributed by atoms with E-state index >= 15 is 0 Å². The number of ether oxygens (including phenoxy) is 3. The summed E-state index contributed by atoms with van der Waals surface area (Å²) in [5.41, 5.74) is 2.46. The molecule has 0 atom stereocenters. The number of rotatable bonds is 12. The van der Waals surface area contributed by atoms with E-state index in [1.165, 1.54) is 34.4 Å². The van der Waals surface area contributed by atoms with E-state index in [4.69, 9.17) is 14.2 Å². The standard InChI is InChI=1S/C28H35N3O6S3/c1-4-36-14-13-31-20-12-11-18(35-3)15-22(20)40-28(31)30-24(33)17-38-16-23(32)29-26-25(27(34)37-5-2)19-9-7-6-8-10-21(19)39-26/h11-12,15H,4-10,13-14,16-17H2,1-3H3,(H,29,32). The summed E-state index contributed by atoms with van der Waals surface area (Å²) in [5.74, 6) is -0.116. The highest BCUT2D eigenvalue weighted by Gasteiger charge is 2.26. The number of aryl methyl sites for hydroxylation is 1. The smallest absolute Gasteiger partial charge is 0.341 e. The zero-order valence-electron chi connectivity index (χ0n) is 23.1. The van der Waals surface area contributed by atoms with Gasteiger partial charge in [-0.2, -0.15) is 4.99 Å². The summed E-state index contributed by atoms with van der Waals surface area (Å²) in [7, 11) is 1.62. The lowest BCUT2D eigenvalue weighted by atomic mass is 10.1. The van der Waals surface area contributed by atoms with Crippen molar-refractivity contribution in [2.75, 3.05) is 43.8 Å². The molecule has 1 aromatic carbocycles. The van der Waals surface area contributed by atoms with Crippen LogP contribution in [0.3, 0.4) is 0 Å². The number of thioether (sulfide) groups is 1. The highest BCUT2D eigenvalue weighted by Crippen LogP contribution is 2.38. The van der Waals surface area contributed by atoms with Gasteiger partial charge in [0, 0.05) is 18.0 Å². The van der Waals surface area contributed by atoms with Crippen LogP contribution in [0.4, 0.5) is 5.00 Å². The van der Waals surface area contributed by atoms with Gasteiger partial charge >= 0.3 is 5.97 Å². The fourth-order valence-corrected chi connectivity index (χ4v) is 7.56. The van der Waals surface area contributed by atoms with Crippen LogP contribution in [-0.4, -0.2) is 60.8 Å². The van der Waals surface area contributed by atoms with Gasteiger partial charge < -0.3 is 24.1 Å². The number of thiophene rings is 1. The van der Waals surface area contributed by atoms with Gasteiger partial charge in [-0.3, -0.25) is 9.59 Å². The molecule has 0 aliphatic heterocycles. The SMILES string of the molecule is CCOCCn1c(=NC(=O)CSCC(=O)Nc2sc3c(c2C(=O)OCC)CCCCC3)sc2cc(OC)ccc21. The third-order valence-corrected chi connectivity index (χ3v) is 9.55. The number of carbonyl (C=O) groups is 3. The van der Waals surface area contributed by atoms with Crippen LogP contribution < -0.4 is 14.9 Å². The van der Waals surface area contributed by atoms with Crippen molar-refractivity contribution in [2.45, 2.75) is 52.5 Å². The molecule has 0 saturated heterocycles. The zero-order valence-corrected chi connectivity index (χ0v) is 25.5. The van der Waals surface area contributed by atoms with Crippen molar-refractivity contribution in [2.24, 2.45) is 4.99 Å². The maximum Gasteiger partial charge on any atom is 0.341 e. The molecule has 0 saturated carbocycles. The van der Waals surface area contributed by atoms with Crippen molar-refractivity contribution in [3.63, 3.8) is 0 Å². The van der Waals surface area contributed by atoms with Gasteiger partial charge in [-0.05, 0) is 63.3 Å². The van der Waals surface area contributed by atoms with Crippen molar-refractivity contribution in [3.05, 3.63) is 39.0 Å². The Morgan fingerprint density at radius 3 is 2.67 bits per heavy atom. The molecule has 0 unspecified atom stereocenters. The number of aromatic nitrogens is 1. The number of methoxy groups -OCH3 is 1. The molecule has 2 aromatic heterocycles. The maximum absolute atomic E-state index is 12.8. The maximum atomic E-state index is 12.8. The number of nitrogens with one attached hydrogen (secondary N) is 1. The molecule has 4 rings (SSSR count). The first-order chi connectivity index (χ1) is 19.4. The number of thiazole rings is 1. The number of nitrogens with zero attached hydrogens (tertiary/aromatic N) is 2. The van der Waals surface area contributed by atoms with Crippen molar-refractivity contribution >= 4 is 67.4 Å². The van der Waals surface area contributed by atoms with Crippen LogP contribution in [-0.2, 0) is 38.4 Å². The van der Waals surface area contributed by atoms with Crippen molar-refractivity contribution in [1.82, 2.24) is 4.57 Å². The molecule has 40 heavy (non-hydrogen) atoms. The number of benzene rings is 1. The minimum Gasteiger partial charge on any atom is -0.497 e. The fourth-order valence-electron chi connectivity index (χ4n) is 4.56. The summed E-state index contributed by atoms with van der Waals surface area (Å²) in [5, 5.41) is 3.45. The second-order valence-electron chi connectivity index (χ2n) is 9.10. The van der Waals surface area contributed by atoms with Gasteiger partial charge in [0.25, 0.3) is 5.91 Å². The summed E-state index contributed by atoms with van der Waals surface area (Å²) >= 11 is 4.07. The van der Waals surface area contributed by atoms with Gasteiger partial charge in [0.05, 0.1) is 47.6 Å². The molecule has 2 amide bonds. The number of hydrogen-bond donors (Lipinski definition) is 1. The van der Waals surface area contributed by atoms with Crippen LogP contribution in [0.5, 0.6) is 5.75 Å². The van der Waals surface area contributed by atoms with E-state index in [1.54, 1.807) is 14.0 Å². The van der Waals surface area contributed by atoms with E-state index in [2.05, 4.69) is 10.3 Å². The minimum absolute atomic E-state index is 0.0577. The number of fused-ring (bicyclic) bond motifs is 2. The van der Waals surface area contributed by atoms with Crippen LogP contribution in [0.1, 0.15) is 53.9 Å². The first-order valence-electron chi connectivity index (χ1n) is 13.5. The molecule has 216 valence electrons. The molecule has 1 aliphatic rings. The largest absolute Gasteiger partial charge is 0.497 e. The molecular formula is C28H35N3O6S3. The second-order valence-corrected chi connectivity index (χ2v) is 12.2. The van der Waals surface area contributed by atoms with E-state index in [-0.39, 0.29) is 29.9 Å². The van der Waals surface area contributed by atoms with Crippen LogP contribution >= 0.6 is 34.4 Å². The lowest BCUT2D eigenvalue weighted by Gasteiger charge is -2.08. The predicted octanol–water partition coefficient (Wildman–Crippen LogP) is 5.05. The number of esters is 1. The molecule has 1 N–H and O–H groups in total. The average molecular weight is 606 g/mol. The molecule has 0 fully saturated rings. The number of amides is 2. The Bertz CT molecular complexity index is 1420. The average Bonchev–Trinajstić information content (AvgIpc) is 3.35. The Labute approximate surface area is 245 Å². The lowest BCUT2D eigenvalue weighted by Crippen LogP contribution is -2.20. The molecule has 3 aromatic rings. The van der Waals surface area contributed by atoms with Gasteiger partial charge in [-0.25, -0.2) is 4.79 Å². The summed E-state index contributed by atoms with van der Waals surface area (Å²) in [4.78, 5) is 44.4. The highest BCUT2D eigenvalue weighted by molar-refractivity contribution is 8.00. The van der Waals surface area contributed by atoms with Crippen molar-refractivity contribution in [1.29, 1.82) is 0 Å². The number of carbonyl (C=O) groups excluding carboxylic acids is 3. The van der Waals surface area contributed by atoms with Crippen LogP contribution in [0, 0.1) is 0 Å². The third kappa shape index (κ3) is 7.54. The Morgan fingerprint density at radius 1 is 1.07 bits per heavy atom. The van der Waals surface area contributed by atoms with Crippen molar-refractivity contribution < 1.29 is 28.6 Å². The first-order valence-corrected chi connectivity index (χ1v) is 16.3. The Balaban J connectivity index is 1.42. The number of hydrogen-bond acceptors (Lipinski definition) is 9. The monoisotopic (exact) mass is 605 g/mol. The number of anilines is 1. The Hall–Kier alpha value is -2.67. The van der Waals surface area contributed by atoms with Gasteiger partial charge in [0.15, 0.2) is 4.80 Å². The lowest BCUT2D eigenvalue weighted by molar-refractivity contribution is -0.115. The first kappa shape index (κ1) is 30.3. The van der Waals surface area contributed by atoms with E-state index in [1.807, 2.05) is 29.7 Å². The predicted molar refractivity (Wildman–Crippen MR) is 161 cm³/mol. The molecule has 0 bridgehead atoms. The molecule has 12 heteroatoms. The zero-order chi connectivity index (χ0) is 28.5. The topological polar surface area (TPSA) is 108 Å². The summed E-state index contributed by atoms with van der Waals surface area (Å²) < 4.78 is 19.1. The third-order valence-electron chi connectivity index (χ3n) is 6.39. The van der Waals surface area contributed by atoms with Gasteiger partial charge in [0.2, 0.25) is 5.91 Å². The van der Waals surface area contributed by atoms with Crippen LogP contribution in [0.2, 0.25) is 0 Å². The molecule has 2 heterocycles. The normalized spacial score (nSPS) is 13.6. The summed E-state index contributed by atoms with van der Waals surface area (Å²) in [6.07, 6.45) is 4.94. The second kappa shape index (κ2) is 14.8. The van der Waals surface area contributed by atoms with Crippen LogP contribution in [0.25, 0.3) is 10.2 Å². The quantitative estimate of drug-likeness (QED) is 0.175. The molecule has 0 spiro atoms. The van der Waals surface area contributed by atoms with Gasteiger partial charge in [-0.1, -0.05) is 17.8 Å². The molecule has 1 aliphatic carbocycles.